The number of methoxy groups -OCH3 is 1. The fraction of sp³-hybridized carbons (Fsp3) is 0.300. The van der Waals surface area contributed by atoms with Gasteiger partial charge in [-0.2, -0.15) is 18.3 Å². The molecule has 0 radical (unpaired) electrons. The largest absolute Gasteiger partial charge is 0.492 e. The van der Waals surface area contributed by atoms with E-state index in [2.05, 4.69) is 15.0 Å². The number of aryl methyl sites for hydroxylation is 2. The molecule has 42 heavy (non-hydrogen) atoms. The Balaban J connectivity index is 1.60. The lowest BCUT2D eigenvalue weighted by Gasteiger charge is -2.27. The molecule has 0 saturated carbocycles. The van der Waals surface area contributed by atoms with Gasteiger partial charge in [-0.3, -0.25) is 0 Å². The molecule has 3 aromatic heterocycles. The van der Waals surface area contributed by atoms with Crippen LogP contribution in [0.25, 0.3) is 27.8 Å². The fourth-order valence-electron chi connectivity index (χ4n) is 5.71. The molecule has 1 N–H and O–H groups in total. The molecule has 0 fully saturated rings. The van der Waals surface area contributed by atoms with Crippen molar-refractivity contribution < 1.29 is 26.7 Å². The third-order valence-electron chi connectivity index (χ3n) is 7.74. The van der Waals surface area contributed by atoms with E-state index < -0.39 is 23.4 Å². The highest BCUT2D eigenvalue weighted by Crippen LogP contribution is 2.42. The molecule has 4 heterocycles. The van der Waals surface area contributed by atoms with Gasteiger partial charge in [0.2, 0.25) is 5.95 Å². The van der Waals surface area contributed by atoms with Crippen LogP contribution in [0.2, 0.25) is 0 Å². The Kier molecular flexibility index (Phi) is 6.86. The maximum Gasteiger partial charge on any atom is 0.419 e. The third-order valence-corrected chi connectivity index (χ3v) is 7.74. The number of para-hydroxylation sites is 1. The van der Waals surface area contributed by atoms with Crippen molar-refractivity contribution in [2.24, 2.45) is 0 Å². The summed E-state index contributed by atoms with van der Waals surface area (Å²) in [6.07, 6.45) is -0.0748. The van der Waals surface area contributed by atoms with Gasteiger partial charge in [-0.15, -0.1) is 0 Å². The van der Waals surface area contributed by atoms with Gasteiger partial charge in [0.05, 0.1) is 35.3 Å². The molecular formula is C30H27F5N6O. The van der Waals surface area contributed by atoms with Crippen molar-refractivity contribution in [3.63, 3.8) is 0 Å². The average Bonchev–Trinajstić information content (AvgIpc) is 3.56. The minimum atomic E-state index is -4.56. The number of benzene rings is 2. The third kappa shape index (κ3) is 4.45. The molecule has 0 spiro atoms. The molecule has 0 saturated heterocycles. The van der Waals surface area contributed by atoms with E-state index in [0.717, 1.165) is 41.1 Å². The van der Waals surface area contributed by atoms with Gasteiger partial charge in [0, 0.05) is 54.6 Å². The molecule has 218 valence electrons. The topological polar surface area (TPSA) is 71.9 Å². The summed E-state index contributed by atoms with van der Waals surface area (Å²) in [5.74, 6) is -1.25. The van der Waals surface area contributed by atoms with Crippen LogP contribution in [-0.2, 0) is 32.0 Å². The quantitative estimate of drug-likeness (QED) is 0.223. The number of ether oxygens (including phenoxy) is 1. The Morgan fingerprint density at radius 1 is 1.02 bits per heavy atom. The smallest absolute Gasteiger partial charge is 0.419 e. The number of hydrogen-bond acceptors (Lipinski definition) is 5. The van der Waals surface area contributed by atoms with Gasteiger partial charge in [0.15, 0.2) is 11.6 Å². The zero-order chi connectivity index (χ0) is 29.8. The summed E-state index contributed by atoms with van der Waals surface area (Å²) in [5, 5.41) is 5.14. The molecule has 0 unspecified atom stereocenters. The highest BCUT2D eigenvalue weighted by Gasteiger charge is 2.34. The molecule has 1 aliphatic heterocycles. The number of anilines is 1. The Bertz CT molecular complexity index is 1770. The first kappa shape index (κ1) is 27.7. The van der Waals surface area contributed by atoms with Crippen molar-refractivity contribution in [2.75, 3.05) is 18.6 Å². The van der Waals surface area contributed by atoms with Crippen LogP contribution in [-0.4, -0.2) is 38.4 Å². The average molecular weight is 583 g/mol. The van der Waals surface area contributed by atoms with Crippen LogP contribution in [0.5, 0.6) is 5.75 Å². The standard InChI is InChI=1S/C30H27F5N6O/c1-4-16-7-6-8-17(5-2)26(16)41-27(19-11-21(31)28(42-3)25-24(19)22(32)14-36-25)20-15-40(10-9-23(20)39-41)29-37-12-18(13-38-29)30(33,34)35/h6-8,11-14,36H,4-5,9-10,15H2,1-3H3. The lowest BCUT2D eigenvalue weighted by atomic mass is 9.97. The molecule has 7 nitrogen and oxygen atoms in total. The first-order valence-electron chi connectivity index (χ1n) is 13.6. The Morgan fingerprint density at radius 3 is 2.33 bits per heavy atom. The second-order valence-corrected chi connectivity index (χ2v) is 10.1. The summed E-state index contributed by atoms with van der Waals surface area (Å²) in [7, 11) is 1.31. The van der Waals surface area contributed by atoms with Crippen molar-refractivity contribution in [2.45, 2.75) is 45.8 Å². The van der Waals surface area contributed by atoms with Crippen LogP contribution >= 0.6 is 0 Å². The van der Waals surface area contributed by atoms with Crippen LogP contribution < -0.4 is 9.64 Å². The number of nitrogens with zero attached hydrogens (tertiary/aromatic N) is 5. The predicted molar refractivity (Wildman–Crippen MR) is 148 cm³/mol. The fourth-order valence-corrected chi connectivity index (χ4v) is 5.71. The summed E-state index contributed by atoms with van der Waals surface area (Å²) in [4.78, 5) is 12.5. The van der Waals surface area contributed by atoms with Crippen LogP contribution in [0.15, 0.2) is 42.9 Å². The van der Waals surface area contributed by atoms with Crippen molar-refractivity contribution in [1.82, 2.24) is 24.7 Å². The second-order valence-electron chi connectivity index (χ2n) is 10.1. The van der Waals surface area contributed by atoms with Gasteiger partial charge >= 0.3 is 6.18 Å². The predicted octanol–water partition coefficient (Wildman–Crippen LogP) is 6.80. The lowest BCUT2D eigenvalue weighted by molar-refractivity contribution is -0.138. The van der Waals surface area contributed by atoms with Crippen LogP contribution in [0.3, 0.4) is 0 Å². The van der Waals surface area contributed by atoms with Crippen molar-refractivity contribution in [3.8, 4) is 22.7 Å². The maximum atomic E-state index is 15.5. The van der Waals surface area contributed by atoms with E-state index in [-0.39, 0.29) is 34.7 Å². The monoisotopic (exact) mass is 582 g/mol. The zero-order valence-electron chi connectivity index (χ0n) is 23.1. The SMILES string of the molecule is CCc1cccc(CC)c1-n1nc2c(c1-c1cc(F)c(OC)c3[nH]cc(F)c13)CN(c1ncc(C(F)(F)F)cn1)CC2. The van der Waals surface area contributed by atoms with Crippen molar-refractivity contribution in [1.29, 1.82) is 0 Å². The van der Waals surface area contributed by atoms with E-state index in [4.69, 9.17) is 9.84 Å². The molecule has 0 atom stereocenters. The van der Waals surface area contributed by atoms with Crippen molar-refractivity contribution >= 4 is 16.9 Å². The van der Waals surface area contributed by atoms with Crippen LogP contribution in [0, 0.1) is 11.6 Å². The molecule has 5 aromatic rings. The highest BCUT2D eigenvalue weighted by atomic mass is 19.4. The summed E-state index contributed by atoms with van der Waals surface area (Å²) < 4.78 is 77.3. The van der Waals surface area contributed by atoms with Gasteiger partial charge in [-0.25, -0.2) is 23.4 Å². The highest BCUT2D eigenvalue weighted by molar-refractivity contribution is 5.99. The first-order chi connectivity index (χ1) is 20.2. The summed E-state index contributed by atoms with van der Waals surface area (Å²) in [5.41, 5.74) is 4.26. The number of aromatic nitrogens is 5. The van der Waals surface area contributed by atoms with Crippen LogP contribution in [0.4, 0.5) is 27.9 Å². The molecule has 0 aliphatic carbocycles. The molecule has 6 rings (SSSR count). The first-order valence-corrected chi connectivity index (χ1v) is 13.6. The van der Waals surface area contributed by atoms with E-state index in [9.17, 15) is 13.2 Å². The molecular weight excluding hydrogens is 555 g/mol. The Morgan fingerprint density at radius 2 is 1.71 bits per heavy atom. The number of alkyl halides is 3. The maximum absolute atomic E-state index is 15.5. The van der Waals surface area contributed by atoms with Gasteiger partial charge < -0.3 is 14.6 Å². The molecule has 1 aliphatic rings. The van der Waals surface area contributed by atoms with E-state index in [0.29, 0.717) is 37.1 Å². The molecule has 0 amide bonds. The number of H-pyrrole nitrogens is 1. The van der Waals surface area contributed by atoms with Gasteiger partial charge in [0.1, 0.15) is 5.82 Å². The number of rotatable bonds is 6. The summed E-state index contributed by atoms with van der Waals surface area (Å²) in [6, 6.07) is 7.23. The number of hydrogen-bond donors (Lipinski definition) is 1. The Hall–Kier alpha value is -4.48. The minimum absolute atomic E-state index is 0.111. The number of aromatic amines is 1. The van der Waals surface area contributed by atoms with Gasteiger partial charge in [-0.05, 0) is 30.0 Å². The number of fused-ring (bicyclic) bond motifs is 2. The van der Waals surface area contributed by atoms with Gasteiger partial charge in [0.25, 0.3) is 0 Å². The number of halogens is 5. The molecule has 2 aromatic carbocycles. The van der Waals surface area contributed by atoms with E-state index in [1.807, 2.05) is 32.0 Å². The van der Waals surface area contributed by atoms with Gasteiger partial charge in [-0.1, -0.05) is 32.0 Å². The van der Waals surface area contributed by atoms with Crippen LogP contribution in [0.1, 0.15) is 41.8 Å². The van der Waals surface area contributed by atoms with E-state index in [1.54, 1.807) is 9.58 Å². The van der Waals surface area contributed by atoms with E-state index in [1.165, 1.54) is 13.2 Å². The minimum Gasteiger partial charge on any atom is -0.492 e. The normalized spacial score (nSPS) is 13.6. The zero-order valence-corrected chi connectivity index (χ0v) is 23.1. The van der Waals surface area contributed by atoms with Crippen molar-refractivity contribution in [3.05, 3.63) is 82.4 Å². The summed E-state index contributed by atoms with van der Waals surface area (Å²) in [6.45, 7) is 4.63. The Labute approximate surface area is 238 Å². The molecule has 12 heteroatoms. The van der Waals surface area contributed by atoms with E-state index >= 15 is 8.78 Å². The lowest BCUT2D eigenvalue weighted by Crippen LogP contribution is -2.31. The molecule has 0 bridgehead atoms. The second kappa shape index (κ2) is 10.4. The number of nitrogens with one attached hydrogen (secondary N) is 1. The summed E-state index contributed by atoms with van der Waals surface area (Å²) >= 11 is 0.